The molecule has 0 heterocycles. The van der Waals surface area contributed by atoms with Crippen molar-refractivity contribution >= 4 is 15.7 Å². The molecule has 0 spiro atoms. The highest BCUT2D eigenvalue weighted by atomic mass is 32.2. The largest absolute Gasteiger partial charge is 0.304 e. The first-order valence-electron chi connectivity index (χ1n) is 6.01. The van der Waals surface area contributed by atoms with Crippen molar-refractivity contribution in [3.8, 4) is 0 Å². The maximum Gasteiger partial charge on any atom is 0.304 e. The zero-order valence-electron chi connectivity index (χ0n) is 10.5. The van der Waals surface area contributed by atoms with Crippen molar-refractivity contribution in [2.45, 2.75) is 30.2 Å². The molecule has 0 radical (unpaired) electrons. The number of benzene rings is 1. The van der Waals surface area contributed by atoms with Gasteiger partial charge in [0.05, 0.1) is 9.82 Å². The van der Waals surface area contributed by atoms with Crippen molar-refractivity contribution < 1.29 is 17.7 Å². The molecular weight excluding hydrogens is 287 g/mol. The second-order valence-corrected chi connectivity index (χ2v) is 6.19. The molecule has 1 atom stereocenters. The normalized spacial score (nSPS) is 18.9. The molecule has 0 fully saturated rings. The molecule has 108 valence electrons. The lowest BCUT2D eigenvalue weighted by Crippen LogP contribution is -2.35. The summed E-state index contributed by atoms with van der Waals surface area (Å²) in [6.45, 7) is 0. The van der Waals surface area contributed by atoms with E-state index in [2.05, 4.69) is 4.72 Å². The van der Waals surface area contributed by atoms with Gasteiger partial charge in [-0.15, -0.1) is 0 Å². The van der Waals surface area contributed by atoms with Crippen LogP contribution in [0.1, 0.15) is 19.3 Å². The van der Waals surface area contributed by atoms with E-state index in [1.54, 1.807) is 0 Å². The summed E-state index contributed by atoms with van der Waals surface area (Å²) >= 11 is 0. The van der Waals surface area contributed by atoms with Crippen LogP contribution in [0, 0.1) is 15.9 Å². The van der Waals surface area contributed by atoms with E-state index in [0.717, 1.165) is 18.6 Å². The summed E-state index contributed by atoms with van der Waals surface area (Å²) in [6, 6.07) is 2.31. The summed E-state index contributed by atoms with van der Waals surface area (Å²) in [5, 5.41) is 10.5. The van der Waals surface area contributed by atoms with Crippen molar-refractivity contribution in [2.75, 3.05) is 0 Å². The van der Waals surface area contributed by atoms with Gasteiger partial charge in [-0.05, 0) is 25.3 Å². The van der Waals surface area contributed by atoms with Gasteiger partial charge in [-0.2, -0.15) is 4.39 Å². The molecule has 1 aliphatic rings. The predicted molar refractivity (Wildman–Crippen MR) is 70.2 cm³/mol. The van der Waals surface area contributed by atoms with Gasteiger partial charge in [-0.25, -0.2) is 13.1 Å². The summed E-state index contributed by atoms with van der Waals surface area (Å²) in [5.74, 6) is -1.17. The number of nitrogens with zero attached hydrogens (tertiary/aromatic N) is 1. The lowest BCUT2D eigenvalue weighted by atomic mass is 10.0. The molecule has 0 aliphatic heterocycles. The SMILES string of the molecule is O=[N+]([O-])c1ccc(S(=O)(=O)NC2CC=CCC2)cc1F. The standard InChI is InChI=1S/C12H13FN2O4S/c13-11-8-10(6-7-12(11)15(16)17)20(18,19)14-9-4-2-1-3-5-9/h1-2,6-9,14H,3-5H2. The monoisotopic (exact) mass is 300 g/mol. The van der Waals surface area contributed by atoms with Gasteiger partial charge in [0.1, 0.15) is 0 Å². The Bertz CT molecular complexity index is 657. The Labute approximate surface area is 115 Å². The van der Waals surface area contributed by atoms with Gasteiger partial charge < -0.3 is 0 Å². The summed E-state index contributed by atoms with van der Waals surface area (Å²) in [4.78, 5) is 9.28. The van der Waals surface area contributed by atoms with Gasteiger partial charge in [-0.1, -0.05) is 12.2 Å². The van der Waals surface area contributed by atoms with Crippen LogP contribution in [-0.2, 0) is 10.0 Å². The van der Waals surface area contributed by atoms with Gasteiger partial charge in [0.25, 0.3) is 0 Å². The number of rotatable bonds is 4. The topological polar surface area (TPSA) is 89.3 Å². The first-order chi connectivity index (χ1) is 9.40. The maximum atomic E-state index is 13.5. The molecular formula is C12H13FN2O4S. The lowest BCUT2D eigenvalue weighted by Gasteiger charge is -2.19. The number of nitro benzene ring substituents is 1. The Balaban J connectivity index is 2.23. The van der Waals surface area contributed by atoms with E-state index >= 15 is 0 Å². The van der Waals surface area contributed by atoms with Crippen molar-refractivity contribution in [3.63, 3.8) is 0 Å². The zero-order valence-corrected chi connectivity index (χ0v) is 11.3. The molecule has 6 nitrogen and oxygen atoms in total. The fraction of sp³-hybridized carbons (Fsp3) is 0.333. The Morgan fingerprint density at radius 1 is 1.35 bits per heavy atom. The summed E-state index contributed by atoms with van der Waals surface area (Å²) in [5.41, 5.74) is -0.746. The van der Waals surface area contributed by atoms with E-state index in [9.17, 15) is 22.9 Å². The second kappa shape index (κ2) is 5.68. The number of halogens is 1. The fourth-order valence-corrected chi connectivity index (χ4v) is 3.29. The third-order valence-corrected chi connectivity index (χ3v) is 4.54. The average molecular weight is 300 g/mol. The molecule has 2 rings (SSSR count). The van der Waals surface area contributed by atoms with Crippen LogP contribution in [0.15, 0.2) is 35.2 Å². The van der Waals surface area contributed by atoms with E-state index in [1.807, 2.05) is 12.2 Å². The van der Waals surface area contributed by atoms with Crippen LogP contribution in [-0.4, -0.2) is 19.4 Å². The molecule has 1 unspecified atom stereocenters. The number of nitro groups is 1. The minimum atomic E-state index is -3.87. The molecule has 20 heavy (non-hydrogen) atoms. The number of hydrogen-bond acceptors (Lipinski definition) is 4. The van der Waals surface area contributed by atoms with Crippen LogP contribution in [0.2, 0.25) is 0 Å². The average Bonchev–Trinajstić information content (AvgIpc) is 2.38. The van der Waals surface area contributed by atoms with E-state index in [-0.39, 0.29) is 10.9 Å². The number of hydrogen-bond donors (Lipinski definition) is 1. The molecule has 1 aromatic rings. The van der Waals surface area contributed by atoms with Crippen molar-refractivity contribution in [1.29, 1.82) is 0 Å². The van der Waals surface area contributed by atoms with Crippen LogP contribution in [0.3, 0.4) is 0 Å². The molecule has 8 heteroatoms. The van der Waals surface area contributed by atoms with Crippen molar-refractivity contribution in [2.24, 2.45) is 0 Å². The lowest BCUT2D eigenvalue weighted by molar-refractivity contribution is -0.387. The van der Waals surface area contributed by atoms with Gasteiger partial charge in [0.15, 0.2) is 0 Å². The van der Waals surface area contributed by atoms with Crippen LogP contribution in [0.5, 0.6) is 0 Å². The minimum Gasteiger partial charge on any atom is -0.258 e. The summed E-state index contributed by atoms with van der Waals surface area (Å²) < 4.78 is 40.1. The molecule has 0 saturated heterocycles. The number of nitrogens with one attached hydrogen (secondary N) is 1. The van der Waals surface area contributed by atoms with E-state index < -0.39 is 26.5 Å². The fourth-order valence-electron chi connectivity index (χ4n) is 1.99. The van der Waals surface area contributed by atoms with Crippen LogP contribution in [0.4, 0.5) is 10.1 Å². The first kappa shape index (κ1) is 14.6. The predicted octanol–water partition coefficient (Wildman–Crippen LogP) is 2.12. The first-order valence-corrected chi connectivity index (χ1v) is 7.50. The highest BCUT2D eigenvalue weighted by molar-refractivity contribution is 7.89. The van der Waals surface area contributed by atoms with E-state index in [1.165, 1.54) is 0 Å². The summed E-state index contributed by atoms with van der Waals surface area (Å²) in [6.07, 6.45) is 5.88. The third kappa shape index (κ3) is 3.20. The smallest absolute Gasteiger partial charge is 0.258 e. The van der Waals surface area contributed by atoms with Gasteiger partial charge >= 0.3 is 5.69 Å². The van der Waals surface area contributed by atoms with E-state index in [0.29, 0.717) is 18.9 Å². The van der Waals surface area contributed by atoms with Crippen molar-refractivity contribution in [1.82, 2.24) is 4.72 Å². The van der Waals surface area contributed by atoms with Gasteiger partial charge in [-0.3, -0.25) is 10.1 Å². The van der Waals surface area contributed by atoms with Crippen LogP contribution in [0.25, 0.3) is 0 Å². The molecule has 0 saturated carbocycles. The maximum absolute atomic E-state index is 13.5. The quantitative estimate of drug-likeness (QED) is 0.524. The molecule has 0 bridgehead atoms. The molecule has 0 aromatic heterocycles. The Morgan fingerprint density at radius 2 is 2.10 bits per heavy atom. The molecule has 1 aliphatic carbocycles. The highest BCUT2D eigenvalue weighted by Crippen LogP contribution is 2.22. The van der Waals surface area contributed by atoms with Gasteiger partial charge in [0, 0.05) is 18.2 Å². The zero-order chi connectivity index (χ0) is 14.8. The minimum absolute atomic E-state index is 0.233. The third-order valence-electron chi connectivity index (χ3n) is 3.02. The van der Waals surface area contributed by atoms with Crippen LogP contribution < -0.4 is 4.72 Å². The summed E-state index contributed by atoms with van der Waals surface area (Å²) in [7, 11) is -3.87. The number of sulfonamides is 1. The highest BCUT2D eigenvalue weighted by Gasteiger charge is 2.23. The van der Waals surface area contributed by atoms with Gasteiger partial charge in [0.2, 0.25) is 15.8 Å². The molecule has 0 amide bonds. The molecule has 1 N–H and O–H groups in total. The number of allylic oxidation sites excluding steroid dienone is 1. The van der Waals surface area contributed by atoms with Crippen LogP contribution >= 0.6 is 0 Å². The second-order valence-electron chi connectivity index (χ2n) is 4.47. The Morgan fingerprint density at radius 3 is 2.65 bits per heavy atom. The Kier molecular flexibility index (Phi) is 4.15. The Hall–Kier alpha value is -1.80. The molecule has 1 aromatic carbocycles. The van der Waals surface area contributed by atoms with E-state index in [4.69, 9.17) is 0 Å². The van der Waals surface area contributed by atoms with Crippen molar-refractivity contribution in [3.05, 3.63) is 46.3 Å².